The quantitative estimate of drug-likeness (QED) is 0.466. The number of hydrogen-bond acceptors (Lipinski definition) is 9. The van der Waals surface area contributed by atoms with Crippen molar-refractivity contribution in [2.45, 2.75) is 13.5 Å². The first-order valence-corrected chi connectivity index (χ1v) is 6.99. The maximum Gasteiger partial charge on any atom is 0.258 e. The van der Waals surface area contributed by atoms with Gasteiger partial charge in [0, 0.05) is 4.88 Å². The Bertz CT molecular complexity index is 721. The molecular weight excluding hydrogens is 290 g/mol. The van der Waals surface area contributed by atoms with E-state index in [0.717, 1.165) is 0 Å². The van der Waals surface area contributed by atoms with Gasteiger partial charge in [-0.15, -0.1) is 11.3 Å². The Labute approximate surface area is 124 Å². The minimum absolute atomic E-state index is 0.251. The van der Waals surface area contributed by atoms with Gasteiger partial charge in [-0.25, -0.2) is 10.8 Å². The maximum atomic E-state index is 5.38. The molecule has 0 fully saturated rings. The van der Waals surface area contributed by atoms with Crippen LogP contribution in [0.25, 0.3) is 5.95 Å². The van der Waals surface area contributed by atoms with Crippen LogP contribution in [0.3, 0.4) is 0 Å². The molecule has 108 valence electrons. The van der Waals surface area contributed by atoms with Gasteiger partial charge in [-0.05, 0) is 23.9 Å². The van der Waals surface area contributed by atoms with E-state index < -0.39 is 0 Å². The number of rotatable bonds is 5. The smallest absolute Gasteiger partial charge is 0.258 e. The van der Waals surface area contributed by atoms with Crippen molar-refractivity contribution in [3.05, 3.63) is 34.5 Å². The van der Waals surface area contributed by atoms with Crippen molar-refractivity contribution in [1.82, 2.24) is 29.7 Å². The molecule has 0 atom stereocenters. The molecule has 0 aliphatic heterocycles. The SMILES string of the molecule is Cc1ccsc1CNc1nc(NN)nc(-n2cncn2)n1. The number of nitrogens with zero attached hydrogens (tertiary/aromatic N) is 6. The Balaban J connectivity index is 1.84. The van der Waals surface area contributed by atoms with E-state index in [1.807, 2.05) is 5.38 Å². The highest BCUT2D eigenvalue weighted by molar-refractivity contribution is 7.10. The summed E-state index contributed by atoms with van der Waals surface area (Å²) in [5, 5.41) is 9.19. The third-order valence-corrected chi connectivity index (χ3v) is 3.77. The van der Waals surface area contributed by atoms with Crippen LogP contribution in [0, 0.1) is 6.92 Å². The number of aromatic nitrogens is 6. The molecule has 0 aliphatic rings. The van der Waals surface area contributed by atoms with E-state index in [4.69, 9.17) is 5.84 Å². The van der Waals surface area contributed by atoms with E-state index in [-0.39, 0.29) is 5.95 Å². The molecule has 0 saturated carbocycles. The van der Waals surface area contributed by atoms with Crippen molar-refractivity contribution >= 4 is 23.2 Å². The van der Waals surface area contributed by atoms with Gasteiger partial charge in [-0.1, -0.05) is 0 Å². The number of hydrazine groups is 1. The Morgan fingerprint density at radius 3 is 2.81 bits per heavy atom. The minimum atomic E-state index is 0.251. The summed E-state index contributed by atoms with van der Waals surface area (Å²) in [6, 6.07) is 2.07. The highest BCUT2D eigenvalue weighted by Crippen LogP contribution is 2.17. The van der Waals surface area contributed by atoms with Crippen LogP contribution in [0.4, 0.5) is 11.9 Å². The number of aryl methyl sites for hydroxylation is 1. The number of hydrogen-bond donors (Lipinski definition) is 3. The summed E-state index contributed by atoms with van der Waals surface area (Å²) in [6.45, 7) is 2.70. The van der Waals surface area contributed by atoms with Gasteiger partial charge in [0.15, 0.2) is 0 Å². The average Bonchev–Trinajstić information content (AvgIpc) is 3.16. The van der Waals surface area contributed by atoms with Crippen molar-refractivity contribution in [2.24, 2.45) is 5.84 Å². The maximum absolute atomic E-state index is 5.38. The van der Waals surface area contributed by atoms with Crippen molar-refractivity contribution in [2.75, 3.05) is 10.7 Å². The monoisotopic (exact) mass is 303 g/mol. The highest BCUT2D eigenvalue weighted by Gasteiger charge is 2.09. The molecule has 21 heavy (non-hydrogen) atoms. The van der Waals surface area contributed by atoms with Crippen LogP contribution in [0.5, 0.6) is 0 Å². The summed E-state index contributed by atoms with van der Waals surface area (Å²) >= 11 is 1.68. The number of nitrogens with one attached hydrogen (secondary N) is 2. The van der Waals surface area contributed by atoms with Gasteiger partial charge in [-0.2, -0.15) is 24.7 Å². The molecule has 0 aromatic carbocycles. The third-order valence-electron chi connectivity index (χ3n) is 2.75. The summed E-state index contributed by atoms with van der Waals surface area (Å²) in [7, 11) is 0. The predicted molar refractivity (Wildman–Crippen MR) is 78.9 cm³/mol. The first-order chi connectivity index (χ1) is 10.3. The highest BCUT2D eigenvalue weighted by atomic mass is 32.1. The summed E-state index contributed by atoms with van der Waals surface area (Å²) in [4.78, 5) is 17.7. The summed E-state index contributed by atoms with van der Waals surface area (Å²) in [6.07, 6.45) is 2.91. The van der Waals surface area contributed by atoms with Crippen LogP contribution < -0.4 is 16.6 Å². The number of nitrogens with two attached hydrogens (primary N) is 1. The molecule has 4 N–H and O–H groups in total. The first kappa shape index (κ1) is 13.4. The van der Waals surface area contributed by atoms with Gasteiger partial charge in [0.1, 0.15) is 12.7 Å². The molecule has 3 heterocycles. The van der Waals surface area contributed by atoms with Gasteiger partial charge in [0.2, 0.25) is 11.9 Å². The van der Waals surface area contributed by atoms with Crippen molar-refractivity contribution < 1.29 is 0 Å². The van der Waals surface area contributed by atoms with Gasteiger partial charge in [0.25, 0.3) is 5.95 Å². The second-order valence-electron chi connectivity index (χ2n) is 4.15. The Hall–Kier alpha value is -2.59. The normalized spacial score (nSPS) is 10.6. The molecule has 0 unspecified atom stereocenters. The summed E-state index contributed by atoms with van der Waals surface area (Å²) in [5.74, 6) is 6.38. The zero-order valence-electron chi connectivity index (χ0n) is 11.2. The van der Waals surface area contributed by atoms with Gasteiger partial charge in [-0.3, -0.25) is 5.43 Å². The predicted octanol–water partition coefficient (Wildman–Crippen LogP) is 0.720. The lowest BCUT2D eigenvalue weighted by Crippen LogP contribution is -2.16. The molecule has 0 amide bonds. The molecule has 10 heteroatoms. The number of thiophene rings is 1. The molecule has 0 radical (unpaired) electrons. The van der Waals surface area contributed by atoms with Crippen molar-refractivity contribution in [1.29, 1.82) is 0 Å². The second kappa shape index (κ2) is 5.81. The topological polar surface area (TPSA) is 119 Å². The van der Waals surface area contributed by atoms with E-state index in [9.17, 15) is 0 Å². The molecule has 0 aliphatic carbocycles. The van der Waals surface area contributed by atoms with Crippen LogP contribution in [-0.2, 0) is 6.54 Å². The Kier molecular flexibility index (Phi) is 3.71. The van der Waals surface area contributed by atoms with E-state index in [2.05, 4.69) is 48.8 Å². The van der Waals surface area contributed by atoms with Gasteiger partial charge in [0.05, 0.1) is 6.54 Å². The fourth-order valence-electron chi connectivity index (χ4n) is 1.67. The summed E-state index contributed by atoms with van der Waals surface area (Å²) in [5.41, 5.74) is 3.64. The van der Waals surface area contributed by atoms with Crippen LogP contribution in [0.1, 0.15) is 10.4 Å². The summed E-state index contributed by atoms with van der Waals surface area (Å²) < 4.78 is 1.43. The first-order valence-electron chi connectivity index (χ1n) is 6.11. The number of anilines is 2. The van der Waals surface area contributed by atoms with E-state index in [0.29, 0.717) is 18.4 Å². The minimum Gasteiger partial charge on any atom is -0.349 e. The lowest BCUT2D eigenvalue weighted by atomic mass is 10.3. The van der Waals surface area contributed by atoms with Gasteiger partial charge < -0.3 is 5.32 Å². The fraction of sp³-hybridized carbons (Fsp3) is 0.182. The van der Waals surface area contributed by atoms with Crippen LogP contribution >= 0.6 is 11.3 Å². The molecular formula is C11H13N9S. The molecule has 0 saturated heterocycles. The third kappa shape index (κ3) is 2.95. The van der Waals surface area contributed by atoms with Crippen LogP contribution in [0.2, 0.25) is 0 Å². The standard InChI is InChI=1S/C11H13N9S/c1-7-2-3-21-8(7)4-14-9-16-10(19-12)18-11(17-9)20-6-13-5-15-20/h2-3,5-6H,4,12H2,1H3,(H2,14,16,17,18,19). The van der Waals surface area contributed by atoms with E-state index >= 15 is 0 Å². The lowest BCUT2D eigenvalue weighted by Gasteiger charge is -2.08. The molecule has 0 bridgehead atoms. The van der Waals surface area contributed by atoms with Crippen molar-refractivity contribution in [3.8, 4) is 5.95 Å². The molecule has 3 aromatic rings. The Morgan fingerprint density at radius 2 is 2.14 bits per heavy atom. The molecule has 9 nitrogen and oxygen atoms in total. The molecule has 3 rings (SSSR count). The Morgan fingerprint density at radius 1 is 1.29 bits per heavy atom. The lowest BCUT2D eigenvalue weighted by molar-refractivity contribution is 0.794. The fourth-order valence-corrected chi connectivity index (χ4v) is 2.51. The van der Waals surface area contributed by atoms with Crippen molar-refractivity contribution in [3.63, 3.8) is 0 Å². The largest absolute Gasteiger partial charge is 0.349 e. The van der Waals surface area contributed by atoms with Crippen LogP contribution in [0.15, 0.2) is 24.1 Å². The van der Waals surface area contributed by atoms with Gasteiger partial charge >= 0.3 is 0 Å². The van der Waals surface area contributed by atoms with Crippen LogP contribution in [-0.4, -0.2) is 29.7 Å². The second-order valence-corrected chi connectivity index (χ2v) is 5.15. The average molecular weight is 303 g/mol. The molecule has 0 spiro atoms. The molecule has 3 aromatic heterocycles. The zero-order valence-corrected chi connectivity index (χ0v) is 12.0. The van der Waals surface area contributed by atoms with E-state index in [1.54, 1.807) is 11.3 Å². The van der Waals surface area contributed by atoms with E-state index in [1.165, 1.54) is 27.8 Å². The number of nitrogen functional groups attached to an aromatic ring is 1. The zero-order chi connectivity index (χ0) is 14.7.